The predicted octanol–water partition coefficient (Wildman–Crippen LogP) is 1.40. The van der Waals surface area contributed by atoms with Gasteiger partial charge in [-0.25, -0.2) is 0 Å². The first-order valence-electron chi connectivity index (χ1n) is 6.26. The van der Waals surface area contributed by atoms with Gasteiger partial charge in [0, 0.05) is 18.7 Å². The van der Waals surface area contributed by atoms with E-state index in [4.69, 9.17) is 5.11 Å². The van der Waals surface area contributed by atoms with Gasteiger partial charge in [-0.15, -0.1) is 0 Å². The summed E-state index contributed by atoms with van der Waals surface area (Å²) in [5.74, 6) is -1.51. The summed E-state index contributed by atoms with van der Waals surface area (Å²) < 4.78 is 1.46. The smallest absolute Gasteiger partial charge is 0.305 e. The first kappa shape index (κ1) is 15.7. The van der Waals surface area contributed by atoms with Crippen LogP contribution in [-0.2, 0) is 11.3 Å². The van der Waals surface area contributed by atoms with Crippen LogP contribution < -0.4 is 5.32 Å². The molecule has 0 fully saturated rings. The van der Waals surface area contributed by atoms with Crippen LogP contribution in [0.15, 0.2) is 12.3 Å². The average Bonchev–Trinajstić information content (AvgIpc) is 2.81. The Morgan fingerprint density at radius 2 is 2.15 bits per heavy atom. The molecule has 1 unspecified atom stereocenters. The first-order valence-corrected chi connectivity index (χ1v) is 6.26. The minimum Gasteiger partial charge on any atom is -0.481 e. The van der Waals surface area contributed by atoms with Crippen molar-refractivity contribution in [1.29, 1.82) is 0 Å². The molecule has 1 heterocycles. The quantitative estimate of drug-likeness (QED) is 0.579. The van der Waals surface area contributed by atoms with Crippen molar-refractivity contribution in [3.63, 3.8) is 0 Å². The molecule has 2 N–H and O–H groups in total. The van der Waals surface area contributed by atoms with Crippen LogP contribution in [0.3, 0.4) is 0 Å². The number of carbonyl (C=O) groups excluding carboxylic acids is 1. The van der Waals surface area contributed by atoms with Crippen LogP contribution in [0.5, 0.6) is 0 Å². The van der Waals surface area contributed by atoms with E-state index in [-0.39, 0.29) is 17.8 Å². The monoisotopic (exact) mass is 283 g/mol. The second-order valence-corrected chi connectivity index (χ2v) is 4.30. The molecule has 1 aromatic rings. The fourth-order valence-electron chi connectivity index (χ4n) is 1.81. The molecule has 0 aromatic carbocycles. The summed E-state index contributed by atoms with van der Waals surface area (Å²) in [6.45, 7) is 3.93. The number of nitro groups is 1. The third-order valence-corrected chi connectivity index (χ3v) is 2.92. The Hall–Kier alpha value is -2.38. The lowest BCUT2D eigenvalue weighted by molar-refractivity contribution is -0.384. The Morgan fingerprint density at radius 1 is 1.50 bits per heavy atom. The van der Waals surface area contributed by atoms with Gasteiger partial charge < -0.3 is 15.0 Å². The van der Waals surface area contributed by atoms with Crippen molar-refractivity contribution >= 4 is 17.6 Å². The molecule has 0 spiro atoms. The minimum atomic E-state index is -1.01. The van der Waals surface area contributed by atoms with Crippen LogP contribution in [0.2, 0.25) is 0 Å². The molecule has 0 saturated heterocycles. The Kier molecular flexibility index (Phi) is 5.24. The molecule has 1 rings (SSSR count). The van der Waals surface area contributed by atoms with Gasteiger partial charge in [0.2, 0.25) is 0 Å². The lowest BCUT2D eigenvalue weighted by atomic mass is 10.1. The zero-order valence-corrected chi connectivity index (χ0v) is 11.3. The van der Waals surface area contributed by atoms with Gasteiger partial charge in [0.05, 0.1) is 17.5 Å². The Balaban J connectivity index is 2.90. The number of nitrogens with zero attached hydrogens (tertiary/aromatic N) is 2. The molecular weight excluding hydrogens is 266 g/mol. The summed E-state index contributed by atoms with van der Waals surface area (Å²) in [6, 6.07) is 0.686. The van der Waals surface area contributed by atoms with Gasteiger partial charge in [-0.3, -0.25) is 19.7 Å². The molecule has 8 nitrogen and oxygen atoms in total. The van der Waals surface area contributed by atoms with E-state index in [9.17, 15) is 19.7 Å². The summed E-state index contributed by atoms with van der Waals surface area (Å²) in [5.41, 5.74) is -0.00804. The van der Waals surface area contributed by atoms with Crippen molar-refractivity contribution < 1.29 is 19.6 Å². The molecule has 0 bridgehead atoms. The highest BCUT2D eigenvalue weighted by Crippen LogP contribution is 2.16. The van der Waals surface area contributed by atoms with E-state index in [0.717, 1.165) is 0 Å². The van der Waals surface area contributed by atoms with Crippen LogP contribution in [0.1, 0.15) is 37.2 Å². The maximum Gasteiger partial charge on any atom is 0.305 e. The Labute approximate surface area is 115 Å². The third-order valence-electron chi connectivity index (χ3n) is 2.92. The number of carboxylic acids is 1. The highest BCUT2D eigenvalue weighted by molar-refractivity contribution is 5.94. The maximum absolute atomic E-state index is 12.1. The standard InChI is InChI=1S/C12H17N3O5/c1-3-8(5-11(16)17)13-12(18)10-6-9(15(19)20)7-14(10)4-2/h6-8H,3-5H2,1-2H3,(H,13,18)(H,16,17). The average molecular weight is 283 g/mol. The van der Waals surface area contributed by atoms with E-state index < -0.39 is 22.8 Å². The Bertz CT molecular complexity index is 523. The molecule has 0 aliphatic carbocycles. The number of amides is 1. The predicted molar refractivity (Wildman–Crippen MR) is 70.6 cm³/mol. The van der Waals surface area contributed by atoms with E-state index in [1.165, 1.54) is 16.8 Å². The maximum atomic E-state index is 12.1. The van der Waals surface area contributed by atoms with Crippen molar-refractivity contribution in [1.82, 2.24) is 9.88 Å². The molecule has 1 aromatic heterocycles. The van der Waals surface area contributed by atoms with Crippen LogP contribution >= 0.6 is 0 Å². The van der Waals surface area contributed by atoms with Crippen LogP contribution in [0.25, 0.3) is 0 Å². The molecule has 0 radical (unpaired) electrons. The zero-order valence-electron chi connectivity index (χ0n) is 11.3. The van der Waals surface area contributed by atoms with Gasteiger partial charge in [0.15, 0.2) is 0 Å². The van der Waals surface area contributed by atoms with E-state index in [0.29, 0.717) is 13.0 Å². The summed E-state index contributed by atoms with van der Waals surface area (Å²) in [5, 5.41) is 22.0. The normalized spacial score (nSPS) is 11.9. The molecule has 0 aliphatic heterocycles. The van der Waals surface area contributed by atoms with E-state index in [1.807, 2.05) is 0 Å². The summed E-state index contributed by atoms with van der Waals surface area (Å²) in [7, 11) is 0. The molecule has 0 aliphatic rings. The van der Waals surface area contributed by atoms with Gasteiger partial charge in [-0.05, 0) is 13.3 Å². The van der Waals surface area contributed by atoms with Gasteiger partial charge >= 0.3 is 5.97 Å². The number of nitrogens with one attached hydrogen (secondary N) is 1. The fourth-order valence-corrected chi connectivity index (χ4v) is 1.81. The van der Waals surface area contributed by atoms with Gasteiger partial charge in [-0.1, -0.05) is 6.92 Å². The molecule has 1 atom stereocenters. The van der Waals surface area contributed by atoms with Gasteiger partial charge in [-0.2, -0.15) is 0 Å². The lowest BCUT2D eigenvalue weighted by Gasteiger charge is -2.15. The number of rotatable bonds is 7. The van der Waals surface area contributed by atoms with Crippen LogP contribution in [0, 0.1) is 10.1 Å². The first-order chi connectivity index (χ1) is 9.38. The number of aromatic nitrogens is 1. The van der Waals surface area contributed by atoms with Crippen molar-refractivity contribution in [2.75, 3.05) is 0 Å². The number of carboxylic acid groups (broad SMARTS) is 1. The fraction of sp³-hybridized carbons (Fsp3) is 0.500. The van der Waals surface area contributed by atoms with Crippen molar-refractivity contribution in [2.24, 2.45) is 0 Å². The van der Waals surface area contributed by atoms with Gasteiger partial charge in [0.1, 0.15) is 5.69 Å². The topological polar surface area (TPSA) is 114 Å². The number of carbonyl (C=O) groups is 2. The number of aryl methyl sites for hydroxylation is 1. The SMILES string of the molecule is CCC(CC(=O)O)NC(=O)c1cc([N+](=O)[O-])cn1CC. The van der Waals surface area contributed by atoms with Crippen molar-refractivity contribution in [2.45, 2.75) is 39.3 Å². The summed E-state index contributed by atoms with van der Waals surface area (Å²) in [6.07, 6.45) is 1.57. The molecule has 110 valence electrons. The van der Waals surface area contributed by atoms with E-state index in [1.54, 1.807) is 13.8 Å². The summed E-state index contributed by atoms with van der Waals surface area (Å²) >= 11 is 0. The minimum absolute atomic E-state index is 0.156. The summed E-state index contributed by atoms with van der Waals surface area (Å²) in [4.78, 5) is 32.9. The highest BCUT2D eigenvalue weighted by Gasteiger charge is 2.21. The zero-order chi connectivity index (χ0) is 15.3. The Morgan fingerprint density at radius 3 is 2.60 bits per heavy atom. The number of aliphatic carboxylic acids is 1. The van der Waals surface area contributed by atoms with E-state index in [2.05, 4.69) is 5.32 Å². The van der Waals surface area contributed by atoms with Crippen LogP contribution in [0.4, 0.5) is 5.69 Å². The second-order valence-electron chi connectivity index (χ2n) is 4.30. The lowest BCUT2D eigenvalue weighted by Crippen LogP contribution is -2.37. The van der Waals surface area contributed by atoms with Gasteiger partial charge in [0.25, 0.3) is 11.6 Å². The molecule has 0 saturated carbocycles. The second kappa shape index (κ2) is 6.69. The largest absolute Gasteiger partial charge is 0.481 e. The van der Waals surface area contributed by atoms with Crippen LogP contribution in [-0.4, -0.2) is 32.5 Å². The van der Waals surface area contributed by atoms with E-state index >= 15 is 0 Å². The molecular formula is C12H17N3O5. The molecule has 20 heavy (non-hydrogen) atoms. The van der Waals surface area contributed by atoms with Crippen molar-refractivity contribution in [3.05, 3.63) is 28.1 Å². The molecule has 1 amide bonds. The number of hydrogen-bond acceptors (Lipinski definition) is 4. The highest BCUT2D eigenvalue weighted by atomic mass is 16.6. The van der Waals surface area contributed by atoms with Crippen molar-refractivity contribution in [3.8, 4) is 0 Å². The third kappa shape index (κ3) is 3.81. The number of hydrogen-bond donors (Lipinski definition) is 2. The molecule has 8 heteroatoms.